The molecule has 0 radical (unpaired) electrons. The lowest BCUT2D eigenvalue weighted by atomic mass is 9.41. The molecule has 5 aliphatic carbocycles. The van der Waals surface area contributed by atoms with Crippen molar-refractivity contribution in [2.45, 2.75) is 130 Å². The second-order valence-electron chi connectivity index (χ2n) is 16.1. The molecular formula is C32H52N2O6. The van der Waals surface area contributed by atoms with Gasteiger partial charge in [-0.3, -0.25) is 0 Å². The normalized spacial score (nSPS) is 52.7. The van der Waals surface area contributed by atoms with Gasteiger partial charge in [-0.1, -0.05) is 48.5 Å². The molecule has 1 saturated heterocycles. The largest absolute Gasteiger partial charge is 0.446 e. The van der Waals surface area contributed by atoms with Crippen LogP contribution in [0.15, 0.2) is 0 Å². The van der Waals surface area contributed by atoms with Gasteiger partial charge in [0.05, 0.1) is 18.3 Å². The van der Waals surface area contributed by atoms with Crippen molar-refractivity contribution in [3.05, 3.63) is 0 Å². The number of aliphatic hydroxyl groups is 1. The van der Waals surface area contributed by atoms with E-state index in [1.807, 2.05) is 13.8 Å². The van der Waals surface area contributed by atoms with Gasteiger partial charge in [0.15, 0.2) is 0 Å². The highest BCUT2D eigenvalue weighted by atomic mass is 16.6. The molecule has 5 saturated carbocycles. The van der Waals surface area contributed by atoms with Crippen LogP contribution in [-0.2, 0) is 14.2 Å². The van der Waals surface area contributed by atoms with Crippen molar-refractivity contribution < 1.29 is 28.9 Å². The van der Waals surface area contributed by atoms with E-state index in [4.69, 9.17) is 25.7 Å². The molecule has 0 aromatic rings. The molecular weight excluding hydrogens is 508 g/mol. The Hall–Kier alpha value is -1.54. The number of rotatable bonds is 4. The van der Waals surface area contributed by atoms with Crippen LogP contribution in [-0.4, -0.2) is 47.8 Å². The summed E-state index contributed by atoms with van der Waals surface area (Å²) in [5.41, 5.74) is 11.0. The lowest BCUT2D eigenvalue weighted by Gasteiger charge is -2.63. The molecule has 8 nitrogen and oxygen atoms in total. The molecule has 6 fully saturated rings. The molecule has 6 aliphatic rings. The number of amides is 2. The van der Waals surface area contributed by atoms with Crippen LogP contribution in [0.25, 0.3) is 0 Å². The van der Waals surface area contributed by atoms with Gasteiger partial charge >= 0.3 is 12.2 Å². The summed E-state index contributed by atoms with van der Waals surface area (Å²) in [6, 6.07) is 0. The summed E-state index contributed by atoms with van der Waals surface area (Å²) in [6.07, 6.45) is 5.29. The maximum atomic E-state index is 12.4. The van der Waals surface area contributed by atoms with E-state index < -0.39 is 24.4 Å². The zero-order valence-corrected chi connectivity index (χ0v) is 25.6. The van der Waals surface area contributed by atoms with Crippen molar-refractivity contribution in [3.8, 4) is 0 Å². The highest BCUT2D eigenvalue weighted by Gasteiger charge is 2.84. The molecule has 2 amide bonds. The average molecular weight is 561 g/mol. The summed E-state index contributed by atoms with van der Waals surface area (Å²) in [7, 11) is 0. The van der Waals surface area contributed by atoms with Crippen LogP contribution in [0, 0.1) is 56.7 Å². The monoisotopic (exact) mass is 560 g/mol. The smallest absolute Gasteiger partial charge is 0.404 e. The number of nitrogens with two attached hydrogens (primary N) is 2. The van der Waals surface area contributed by atoms with Crippen molar-refractivity contribution in [2.24, 2.45) is 68.1 Å². The number of carbonyl (C=O) groups is 2. The van der Waals surface area contributed by atoms with E-state index >= 15 is 0 Å². The van der Waals surface area contributed by atoms with Gasteiger partial charge < -0.3 is 30.8 Å². The van der Waals surface area contributed by atoms with E-state index in [-0.39, 0.29) is 57.2 Å². The van der Waals surface area contributed by atoms with Gasteiger partial charge in [0.25, 0.3) is 0 Å². The summed E-state index contributed by atoms with van der Waals surface area (Å²) >= 11 is 0. The Morgan fingerprint density at radius 1 is 0.950 bits per heavy atom. The van der Waals surface area contributed by atoms with E-state index in [0.29, 0.717) is 17.8 Å². The van der Waals surface area contributed by atoms with E-state index in [1.54, 1.807) is 0 Å². The summed E-state index contributed by atoms with van der Waals surface area (Å²) < 4.78 is 18.0. The number of ether oxygens (including phenoxy) is 3. The molecule has 0 aromatic heterocycles. The summed E-state index contributed by atoms with van der Waals surface area (Å²) in [6.45, 7) is 15.7. The second-order valence-corrected chi connectivity index (χ2v) is 16.1. The summed E-state index contributed by atoms with van der Waals surface area (Å²) in [4.78, 5) is 23.4. The SMILES string of the molecule is CC(C)[C@@H](OC(N)=O)C1C[C@@H](C)[C@H]2C(O1)[C@H](O)[C@@]1(C)C3CC[C@H]4C(C)(C)[C@@H](OC(N)=O)CC[C@@]45C[C@@]35CC[C@]21C. The fraction of sp³-hybridized carbons (Fsp3) is 0.938. The Bertz CT molecular complexity index is 1080. The first-order valence-corrected chi connectivity index (χ1v) is 15.8. The van der Waals surface area contributed by atoms with Crippen molar-refractivity contribution in [2.75, 3.05) is 0 Å². The highest BCUT2D eigenvalue weighted by molar-refractivity contribution is 5.65. The van der Waals surface area contributed by atoms with Crippen molar-refractivity contribution in [1.82, 2.24) is 0 Å². The third-order valence-corrected chi connectivity index (χ3v) is 14.3. The van der Waals surface area contributed by atoms with Crippen LogP contribution >= 0.6 is 0 Å². The Balaban J connectivity index is 1.32. The topological polar surface area (TPSA) is 134 Å². The Morgan fingerprint density at radius 2 is 1.60 bits per heavy atom. The molecule has 6 rings (SSSR count). The molecule has 0 bridgehead atoms. The Labute approximate surface area is 239 Å². The first kappa shape index (κ1) is 28.6. The first-order valence-electron chi connectivity index (χ1n) is 15.8. The maximum absolute atomic E-state index is 12.4. The van der Waals surface area contributed by atoms with Gasteiger partial charge in [0.1, 0.15) is 12.2 Å². The van der Waals surface area contributed by atoms with Crippen molar-refractivity contribution in [1.29, 1.82) is 0 Å². The number of carbonyl (C=O) groups excluding carboxylic acids is 2. The standard InChI is InChI=1S/C32H52N2O6/c1-16(2)23(40-27(34)37)18-14-17(3)22-24(38-18)25(35)30(7)20-9-8-19-28(4,5)21(39-26(33)36)10-11-31(19)15-32(20,31)13-12-29(22,30)6/h16-25,35H,8-15H2,1-7H3,(H2,33,36)(H2,34,37)/t17-,18?,19+,20?,21+,22+,23-,24?,25+,29-,30-,31-,32+/m1/s1. The van der Waals surface area contributed by atoms with Gasteiger partial charge in [-0.25, -0.2) is 9.59 Å². The molecule has 3 unspecified atom stereocenters. The second kappa shape index (κ2) is 8.75. The number of fused-ring (bicyclic) bond motifs is 4. The zero-order chi connectivity index (χ0) is 29.2. The van der Waals surface area contributed by atoms with Gasteiger partial charge in [-0.05, 0) is 97.2 Å². The zero-order valence-electron chi connectivity index (χ0n) is 25.6. The lowest BCUT2D eigenvalue weighted by molar-refractivity contribution is -0.184. The van der Waals surface area contributed by atoms with E-state index in [1.165, 1.54) is 12.8 Å². The van der Waals surface area contributed by atoms with Crippen LogP contribution in [0.1, 0.15) is 99.8 Å². The fourth-order valence-electron chi connectivity index (χ4n) is 12.7. The van der Waals surface area contributed by atoms with Gasteiger partial charge in [0, 0.05) is 10.8 Å². The van der Waals surface area contributed by atoms with E-state index in [0.717, 1.165) is 38.5 Å². The fourth-order valence-corrected chi connectivity index (χ4v) is 12.7. The predicted octanol–water partition coefficient (Wildman–Crippen LogP) is 5.38. The molecule has 5 N–H and O–H groups in total. The quantitative estimate of drug-likeness (QED) is 0.422. The number of aliphatic hydroxyl groups excluding tert-OH is 1. The molecule has 226 valence electrons. The van der Waals surface area contributed by atoms with Crippen LogP contribution < -0.4 is 11.5 Å². The van der Waals surface area contributed by atoms with Crippen LogP contribution in [0.2, 0.25) is 0 Å². The van der Waals surface area contributed by atoms with Gasteiger partial charge in [-0.15, -0.1) is 0 Å². The number of hydrogen-bond acceptors (Lipinski definition) is 6. The predicted molar refractivity (Wildman–Crippen MR) is 150 cm³/mol. The van der Waals surface area contributed by atoms with Gasteiger partial charge in [0.2, 0.25) is 0 Å². The first-order chi connectivity index (χ1) is 18.6. The lowest BCUT2D eigenvalue weighted by Crippen LogP contribution is -2.60. The third kappa shape index (κ3) is 3.38. The molecule has 8 heteroatoms. The molecule has 40 heavy (non-hydrogen) atoms. The molecule has 1 aliphatic heterocycles. The number of primary amides is 2. The Kier molecular flexibility index (Phi) is 6.25. The maximum Gasteiger partial charge on any atom is 0.404 e. The van der Waals surface area contributed by atoms with E-state index in [9.17, 15) is 14.7 Å². The summed E-state index contributed by atoms with van der Waals surface area (Å²) in [5.74, 6) is 1.57. The minimum atomic E-state index is -0.770. The summed E-state index contributed by atoms with van der Waals surface area (Å²) in [5, 5.41) is 12.4. The van der Waals surface area contributed by atoms with Gasteiger partial charge in [-0.2, -0.15) is 0 Å². The van der Waals surface area contributed by atoms with Crippen LogP contribution in [0.5, 0.6) is 0 Å². The Morgan fingerprint density at radius 3 is 2.23 bits per heavy atom. The van der Waals surface area contributed by atoms with Crippen molar-refractivity contribution >= 4 is 12.2 Å². The molecule has 13 atom stereocenters. The minimum Gasteiger partial charge on any atom is -0.446 e. The molecule has 0 aromatic carbocycles. The number of hydrogen-bond donors (Lipinski definition) is 3. The molecule has 1 heterocycles. The minimum absolute atomic E-state index is 0.0341. The average Bonchev–Trinajstić information content (AvgIpc) is 3.48. The van der Waals surface area contributed by atoms with Crippen molar-refractivity contribution in [3.63, 3.8) is 0 Å². The molecule has 2 spiro atoms. The van der Waals surface area contributed by atoms with Crippen LogP contribution in [0.3, 0.4) is 0 Å². The van der Waals surface area contributed by atoms with Crippen LogP contribution in [0.4, 0.5) is 9.59 Å². The highest BCUT2D eigenvalue weighted by Crippen LogP contribution is 2.89. The van der Waals surface area contributed by atoms with E-state index in [2.05, 4.69) is 34.6 Å². The third-order valence-electron chi connectivity index (χ3n) is 14.3.